The Labute approximate surface area is 120 Å². The first-order valence-corrected chi connectivity index (χ1v) is 7.13. The van der Waals surface area contributed by atoms with Crippen molar-refractivity contribution in [3.63, 3.8) is 0 Å². The summed E-state index contributed by atoms with van der Waals surface area (Å²) in [6, 6.07) is 5.97. The van der Waals surface area contributed by atoms with Gasteiger partial charge in [-0.2, -0.15) is 0 Å². The number of nitrogens with two attached hydrogens (primary N) is 1. The smallest absolute Gasteiger partial charge is 0.210 e. The first-order chi connectivity index (χ1) is 8.70. The molecule has 98 valence electrons. The standard InChI is InChI=1S/C12H16BrClN4/c13-11-9(14)6-3-7-10(11)17-12(18-15)16-8-4-1-2-5-8/h3,6-8H,1-2,4-5,15H2,(H2,16,17,18). The van der Waals surface area contributed by atoms with Crippen LogP contribution in [0.5, 0.6) is 0 Å². The monoisotopic (exact) mass is 330 g/mol. The van der Waals surface area contributed by atoms with Crippen LogP contribution in [0.1, 0.15) is 25.7 Å². The molecule has 0 saturated heterocycles. The van der Waals surface area contributed by atoms with Gasteiger partial charge in [-0.05, 0) is 40.9 Å². The lowest BCUT2D eigenvalue weighted by Gasteiger charge is -2.13. The highest BCUT2D eigenvalue weighted by Gasteiger charge is 2.15. The predicted molar refractivity (Wildman–Crippen MR) is 79.8 cm³/mol. The van der Waals surface area contributed by atoms with Gasteiger partial charge in [0.2, 0.25) is 5.96 Å². The number of aliphatic imine (C=N–C) groups is 1. The van der Waals surface area contributed by atoms with Gasteiger partial charge in [-0.25, -0.2) is 10.8 Å². The molecule has 2 rings (SSSR count). The van der Waals surface area contributed by atoms with E-state index in [0.29, 0.717) is 17.0 Å². The van der Waals surface area contributed by atoms with Crippen molar-refractivity contribution in [2.75, 3.05) is 5.32 Å². The fourth-order valence-electron chi connectivity index (χ4n) is 2.05. The molecule has 1 saturated carbocycles. The van der Waals surface area contributed by atoms with E-state index in [0.717, 1.165) is 23.0 Å². The second-order valence-corrected chi connectivity index (χ2v) is 5.49. The molecule has 1 fully saturated rings. The van der Waals surface area contributed by atoms with Crippen molar-refractivity contribution in [3.05, 3.63) is 27.7 Å². The van der Waals surface area contributed by atoms with E-state index >= 15 is 0 Å². The van der Waals surface area contributed by atoms with Gasteiger partial charge in [0, 0.05) is 0 Å². The van der Waals surface area contributed by atoms with Gasteiger partial charge in [0.25, 0.3) is 0 Å². The molecule has 0 spiro atoms. The van der Waals surface area contributed by atoms with E-state index in [1.54, 1.807) is 0 Å². The molecule has 18 heavy (non-hydrogen) atoms. The molecule has 1 aromatic rings. The first-order valence-electron chi connectivity index (χ1n) is 5.96. The maximum Gasteiger partial charge on any atom is 0.210 e. The lowest BCUT2D eigenvalue weighted by Crippen LogP contribution is -2.37. The highest BCUT2D eigenvalue weighted by Crippen LogP contribution is 2.30. The summed E-state index contributed by atoms with van der Waals surface area (Å²) in [5.41, 5.74) is 3.44. The van der Waals surface area contributed by atoms with E-state index in [9.17, 15) is 0 Å². The molecule has 4 nitrogen and oxygen atoms in total. The van der Waals surface area contributed by atoms with E-state index in [-0.39, 0.29) is 0 Å². The Kier molecular flexibility index (Phi) is 4.86. The zero-order chi connectivity index (χ0) is 13.0. The Morgan fingerprint density at radius 2 is 2.11 bits per heavy atom. The van der Waals surface area contributed by atoms with E-state index in [4.69, 9.17) is 17.4 Å². The average Bonchev–Trinajstić information content (AvgIpc) is 2.86. The first kappa shape index (κ1) is 13.6. The molecule has 0 unspecified atom stereocenters. The number of nitrogens with zero attached hydrogens (tertiary/aromatic N) is 1. The molecule has 4 N–H and O–H groups in total. The van der Waals surface area contributed by atoms with Crippen LogP contribution in [-0.2, 0) is 0 Å². The highest BCUT2D eigenvalue weighted by atomic mass is 79.9. The third-order valence-electron chi connectivity index (χ3n) is 2.98. The van der Waals surface area contributed by atoms with Crippen molar-refractivity contribution >= 4 is 39.2 Å². The summed E-state index contributed by atoms with van der Waals surface area (Å²) < 4.78 is 0.807. The minimum absolute atomic E-state index is 0.363. The predicted octanol–water partition coefficient (Wildman–Crippen LogP) is 3.28. The maximum absolute atomic E-state index is 6.03. The largest absolute Gasteiger partial charge is 0.324 e. The quantitative estimate of drug-likeness (QED) is 0.337. The van der Waals surface area contributed by atoms with Crippen LogP contribution in [-0.4, -0.2) is 12.0 Å². The Morgan fingerprint density at radius 1 is 1.39 bits per heavy atom. The van der Waals surface area contributed by atoms with Crippen molar-refractivity contribution in [2.45, 2.75) is 31.7 Å². The Balaban J connectivity index is 2.12. The molecule has 1 aliphatic carbocycles. The number of rotatable bonds is 2. The van der Waals surface area contributed by atoms with Gasteiger partial charge in [-0.3, -0.25) is 5.43 Å². The van der Waals surface area contributed by atoms with E-state index in [1.807, 2.05) is 18.2 Å². The van der Waals surface area contributed by atoms with Gasteiger partial charge in [0.15, 0.2) is 0 Å². The minimum atomic E-state index is 0.363. The highest BCUT2D eigenvalue weighted by molar-refractivity contribution is 9.10. The molecular formula is C12H16BrClN4. The van der Waals surface area contributed by atoms with Gasteiger partial charge < -0.3 is 5.32 Å². The van der Waals surface area contributed by atoms with Crippen molar-refractivity contribution < 1.29 is 0 Å². The van der Waals surface area contributed by atoms with Gasteiger partial charge in [0.1, 0.15) is 0 Å². The van der Waals surface area contributed by atoms with E-state index < -0.39 is 0 Å². The molecular weight excluding hydrogens is 316 g/mol. The number of benzene rings is 1. The Hall–Kier alpha value is -0.780. The summed E-state index contributed by atoms with van der Waals surface area (Å²) in [4.78, 5) is 4.57. The van der Waals surface area contributed by atoms with Crippen LogP contribution in [0, 0.1) is 0 Å². The zero-order valence-electron chi connectivity index (χ0n) is 9.92. The van der Waals surface area contributed by atoms with Crippen molar-refractivity contribution in [3.8, 4) is 0 Å². The Morgan fingerprint density at radius 3 is 2.78 bits per heavy atom. The number of halogens is 2. The molecule has 0 atom stereocenters. The number of nitrogens with one attached hydrogen (secondary N) is 2. The Bertz CT molecular complexity index is 444. The summed E-state index contributed by atoms with van der Waals surface area (Å²) in [7, 11) is 0. The third kappa shape index (κ3) is 3.37. The molecule has 0 bridgehead atoms. The molecule has 0 amide bonds. The lowest BCUT2D eigenvalue weighted by molar-refractivity contribution is 0.700. The normalized spacial score (nSPS) is 16.9. The molecule has 1 aromatic carbocycles. The van der Waals surface area contributed by atoms with Crippen molar-refractivity contribution in [2.24, 2.45) is 10.8 Å². The summed E-state index contributed by atoms with van der Waals surface area (Å²) in [6.07, 6.45) is 4.74. The fraction of sp³-hybridized carbons (Fsp3) is 0.417. The van der Waals surface area contributed by atoms with Gasteiger partial charge in [-0.15, -0.1) is 0 Å². The van der Waals surface area contributed by atoms with Crippen LogP contribution >= 0.6 is 27.5 Å². The van der Waals surface area contributed by atoms with Crippen LogP contribution < -0.4 is 16.6 Å². The minimum Gasteiger partial charge on any atom is -0.324 e. The number of hydrogen-bond donors (Lipinski definition) is 3. The number of guanidine groups is 1. The molecule has 1 aliphatic rings. The second-order valence-electron chi connectivity index (χ2n) is 4.29. The number of hydrogen-bond acceptors (Lipinski definition) is 2. The van der Waals surface area contributed by atoms with Gasteiger partial charge >= 0.3 is 0 Å². The van der Waals surface area contributed by atoms with Gasteiger partial charge in [0.05, 0.1) is 21.2 Å². The molecule has 6 heteroatoms. The SMILES string of the molecule is NNC(=NC1CCCC1)Nc1cccc(Cl)c1Br. The molecule has 0 heterocycles. The average molecular weight is 332 g/mol. The summed E-state index contributed by atoms with van der Waals surface area (Å²) in [5, 5.41) is 3.80. The van der Waals surface area contributed by atoms with Crippen molar-refractivity contribution in [1.82, 2.24) is 5.43 Å². The van der Waals surface area contributed by atoms with E-state index in [2.05, 4.69) is 31.7 Å². The molecule has 0 aliphatic heterocycles. The van der Waals surface area contributed by atoms with Crippen LogP contribution in [0.4, 0.5) is 5.69 Å². The zero-order valence-corrected chi connectivity index (χ0v) is 12.3. The van der Waals surface area contributed by atoms with Gasteiger partial charge in [-0.1, -0.05) is 30.5 Å². The molecule has 0 radical (unpaired) electrons. The van der Waals surface area contributed by atoms with Crippen LogP contribution in [0.2, 0.25) is 5.02 Å². The summed E-state index contributed by atoms with van der Waals surface area (Å²) in [5.74, 6) is 6.07. The fourth-order valence-corrected chi connectivity index (χ4v) is 2.59. The number of anilines is 1. The summed E-state index contributed by atoms with van der Waals surface area (Å²) >= 11 is 9.46. The van der Waals surface area contributed by atoms with Crippen LogP contribution in [0.15, 0.2) is 27.7 Å². The number of hydrazine groups is 1. The third-order valence-corrected chi connectivity index (χ3v) is 4.38. The van der Waals surface area contributed by atoms with E-state index in [1.165, 1.54) is 12.8 Å². The summed E-state index contributed by atoms with van der Waals surface area (Å²) in [6.45, 7) is 0. The maximum atomic E-state index is 6.03. The van der Waals surface area contributed by atoms with Crippen LogP contribution in [0.25, 0.3) is 0 Å². The lowest BCUT2D eigenvalue weighted by atomic mass is 10.3. The second kappa shape index (κ2) is 6.41. The van der Waals surface area contributed by atoms with Crippen LogP contribution in [0.3, 0.4) is 0 Å². The molecule has 0 aromatic heterocycles. The topological polar surface area (TPSA) is 62.4 Å². The van der Waals surface area contributed by atoms with Crippen molar-refractivity contribution in [1.29, 1.82) is 0 Å².